The zero-order valence-corrected chi connectivity index (χ0v) is 14.3. The summed E-state index contributed by atoms with van der Waals surface area (Å²) in [5, 5.41) is 3.40. The van der Waals surface area contributed by atoms with Crippen molar-refractivity contribution in [2.24, 2.45) is 0 Å². The number of nitrogens with zero attached hydrogens (tertiary/aromatic N) is 2. The van der Waals surface area contributed by atoms with Crippen molar-refractivity contribution >= 4 is 28.8 Å². The lowest BCUT2D eigenvalue weighted by Crippen LogP contribution is -2.13. The van der Waals surface area contributed by atoms with E-state index in [1.54, 1.807) is 25.3 Å². The van der Waals surface area contributed by atoms with E-state index in [2.05, 4.69) is 10.3 Å². The van der Waals surface area contributed by atoms with Crippen LogP contribution in [0.25, 0.3) is 5.65 Å². The quantitative estimate of drug-likeness (QED) is 0.765. The van der Waals surface area contributed by atoms with Crippen molar-refractivity contribution < 1.29 is 9.53 Å². The number of hydrogen-bond donors (Lipinski definition) is 1. The fraction of sp³-hybridized carbons (Fsp3) is 0.222. The number of nitrogens with one attached hydrogen (secondary N) is 1. The maximum Gasteiger partial charge on any atom is 0.224 e. The van der Waals surface area contributed by atoms with Crippen LogP contribution >= 0.6 is 11.6 Å². The second-order valence-corrected chi connectivity index (χ2v) is 5.90. The van der Waals surface area contributed by atoms with Gasteiger partial charge in [0.15, 0.2) is 0 Å². The zero-order valence-electron chi connectivity index (χ0n) is 13.5. The van der Waals surface area contributed by atoms with Crippen LogP contribution < -0.4 is 10.1 Å². The van der Waals surface area contributed by atoms with E-state index < -0.39 is 0 Å². The SMILES string of the molecule is COc1ccc(Cl)cc1NC(=O)CCc1c(C)nc2ccccn12. The number of carbonyl (C=O) groups is 1. The summed E-state index contributed by atoms with van der Waals surface area (Å²) >= 11 is 5.98. The van der Waals surface area contributed by atoms with Crippen LogP contribution in [0.5, 0.6) is 5.75 Å². The Kier molecular flexibility index (Phi) is 4.71. The van der Waals surface area contributed by atoms with Crippen LogP contribution in [0.3, 0.4) is 0 Å². The Morgan fingerprint density at radius 1 is 1.33 bits per heavy atom. The molecule has 3 rings (SSSR count). The van der Waals surface area contributed by atoms with Gasteiger partial charge in [-0.25, -0.2) is 4.98 Å². The molecule has 0 spiro atoms. The third kappa shape index (κ3) is 3.36. The van der Waals surface area contributed by atoms with Gasteiger partial charge in [-0.2, -0.15) is 0 Å². The minimum atomic E-state index is -0.0964. The Morgan fingerprint density at radius 3 is 2.96 bits per heavy atom. The van der Waals surface area contributed by atoms with Crippen LogP contribution in [0.1, 0.15) is 17.8 Å². The predicted molar refractivity (Wildman–Crippen MR) is 94.9 cm³/mol. The van der Waals surface area contributed by atoms with Gasteiger partial charge in [0.1, 0.15) is 11.4 Å². The molecule has 2 heterocycles. The van der Waals surface area contributed by atoms with E-state index >= 15 is 0 Å². The van der Waals surface area contributed by atoms with Crippen LogP contribution in [-0.4, -0.2) is 22.4 Å². The molecule has 6 heteroatoms. The standard InChI is InChI=1S/C18H18ClN3O2/c1-12-15(22-10-4-3-5-17(22)20-12)7-9-18(23)21-14-11-13(19)6-8-16(14)24-2/h3-6,8,10-11H,7,9H2,1-2H3,(H,21,23). The monoisotopic (exact) mass is 343 g/mol. The Balaban J connectivity index is 1.72. The normalized spacial score (nSPS) is 10.8. The van der Waals surface area contributed by atoms with E-state index in [4.69, 9.17) is 16.3 Å². The minimum absolute atomic E-state index is 0.0964. The topological polar surface area (TPSA) is 55.6 Å². The van der Waals surface area contributed by atoms with Gasteiger partial charge in [0.25, 0.3) is 0 Å². The molecular formula is C18H18ClN3O2. The summed E-state index contributed by atoms with van der Waals surface area (Å²) in [6, 6.07) is 11.0. The number of rotatable bonds is 5. The molecular weight excluding hydrogens is 326 g/mol. The number of pyridine rings is 1. The molecule has 0 radical (unpaired) electrons. The number of carbonyl (C=O) groups excluding carboxylic acids is 1. The second kappa shape index (κ2) is 6.93. The minimum Gasteiger partial charge on any atom is -0.495 e. The van der Waals surface area contributed by atoms with Crippen molar-refractivity contribution in [3.63, 3.8) is 0 Å². The maximum absolute atomic E-state index is 12.3. The molecule has 24 heavy (non-hydrogen) atoms. The highest BCUT2D eigenvalue weighted by atomic mass is 35.5. The molecule has 1 N–H and O–H groups in total. The summed E-state index contributed by atoms with van der Waals surface area (Å²) in [5.74, 6) is 0.486. The van der Waals surface area contributed by atoms with Crippen molar-refractivity contribution in [1.29, 1.82) is 0 Å². The lowest BCUT2D eigenvalue weighted by Gasteiger charge is -2.10. The van der Waals surface area contributed by atoms with Gasteiger partial charge in [-0.3, -0.25) is 4.79 Å². The number of ether oxygens (including phenoxy) is 1. The van der Waals surface area contributed by atoms with E-state index in [0.717, 1.165) is 17.0 Å². The molecule has 0 bridgehead atoms. The Morgan fingerprint density at radius 2 is 2.17 bits per heavy atom. The van der Waals surface area contributed by atoms with E-state index in [-0.39, 0.29) is 5.91 Å². The van der Waals surface area contributed by atoms with Gasteiger partial charge in [0.05, 0.1) is 18.5 Å². The van der Waals surface area contributed by atoms with Crippen molar-refractivity contribution in [1.82, 2.24) is 9.38 Å². The number of amides is 1. The van der Waals surface area contributed by atoms with Crippen LogP contribution in [0.4, 0.5) is 5.69 Å². The van der Waals surface area contributed by atoms with Gasteiger partial charge >= 0.3 is 0 Å². The third-order valence-electron chi connectivity index (χ3n) is 3.85. The molecule has 0 saturated heterocycles. The molecule has 0 saturated carbocycles. The summed E-state index contributed by atoms with van der Waals surface area (Å²) in [6.45, 7) is 1.96. The smallest absolute Gasteiger partial charge is 0.224 e. The van der Waals surface area contributed by atoms with Gasteiger partial charge in [-0.1, -0.05) is 17.7 Å². The average Bonchev–Trinajstić information content (AvgIpc) is 2.88. The molecule has 1 aromatic carbocycles. The Labute approximate surface area is 145 Å². The molecule has 2 aromatic heterocycles. The summed E-state index contributed by atoms with van der Waals surface area (Å²) < 4.78 is 7.26. The molecule has 0 fully saturated rings. The predicted octanol–water partition coefficient (Wildman–Crippen LogP) is 3.88. The summed E-state index contributed by atoms with van der Waals surface area (Å²) in [5.41, 5.74) is 3.44. The molecule has 1 amide bonds. The van der Waals surface area contributed by atoms with E-state index in [9.17, 15) is 4.79 Å². The molecule has 0 aliphatic heterocycles. The van der Waals surface area contributed by atoms with Crippen LogP contribution in [-0.2, 0) is 11.2 Å². The van der Waals surface area contributed by atoms with Gasteiger partial charge in [-0.15, -0.1) is 0 Å². The first-order valence-electron chi connectivity index (χ1n) is 7.64. The molecule has 5 nitrogen and oxygen atoms in total. The number of fused-ring (bicyclic) bond motifs is 1. The van der Waals surface area contributed by atoms with Crippen LogP contribution in [0, 0.1) is 6.92 Å². The molecule has 124 valence electrons. The summed E-state index contributed by atoms with van der Waals surface area (Å²) in [7, 11) is 1.56. The second-order valence-electron chi connectivity index (χ2n) is 5.47. The number of aryl methyl sites for hydroxylation is 2. The van der Waals surface area contributed by atoms with Crippen LogP contribution in [0.2, 0.25) is 5.02 Å². The van der Waals surface area contributed by atoms with E-state index in [1.807, 2.05) is 35.7 Å². The molecule has 0 unspecified atom stereocenters. The number of benzene rings is 1. The van der Waals surface area contributed by atoms with Gasteiger partial charge in [0.2, 0.25) is 5.91 Å². The number of halogens is 1. The average molecular weight is 344 g/mol. The number of aromatic nitrogens is 2. The van der Waals surface area contributed by atoms with Crippen molar-refractivity contribution in [2.75, 3.05) is 12.4 Å². The number of methoxy groups -OCH3 is 1. The first-order valence-corrected chi connectivity index (χ1v) is 8.02. The zero-order chi connectivity index (χ0) is 17.1. The highest BCUT2D eigenvalue weighted by Gasteiger charge is 2.12. The van der Waals surface area contributed by atoms with E-state index in [1.165, 1.54) is 0 Å². The van der Waals surface area contributed by atoms with Crippen molar-refractivity contribution in [2.45, 2.75) is 19.8 Å². The largest absolute Gasteiger partial charge is 0.495 e. The molecule has 3 aromatic rings. The maximum atomic E-state index is 12.3. The fourth-order valence-electron chi connectivity index (χ4n) is 2.69. The first kappa shape index (κ1) is 16.3. The lowest BCUT2D eigenvalue weighted by atomic mass is 10.2. The third-order valence-corrected chi connectivity index (χ3v) is 4.09. The summed E-state index contributed by atoms with van der Waals surface area (Å²) in [4.78, 5) is 16.8. The van der Waals surface area contributed by atoms with Crippen molar-refractivity contribution in [3.8, 4) is 5.75 Å². The number of imidazole rings is 1. The fourth-order valence-corrected chi connectivity index (χ4v) is 2.86. The molecule has 0 aliphatic rings. The highest BCUT2D eigenvalue weighted by molar-refractivity contribution is 6.31. The molecule has 0 atom stereocenters. The number of hydrogen-bond acceptors (Lipinski definition) is 3. The lowest BCUT2D eigenvalue weighted by molar-refractivity contribution is -0.116. The van der Waals surface area contributed by atoms with Gasteiger partial charge < -0.3 is 14.5 Å². The number of anilines is 1. The molecule has 0 aliphatic carbocycles. The van der Waals surface area contributed by atoms with Gasteiger partial charge in [-0.05, 0) is 43.7 Å². The van der Waals surface area contributed by atoms with Crippen LogP contribution in [0.15, 0.2) is 42.6 Å². The van der Waals surface area contributed by atoms with Gasteiger partial charge in [0, 0.05) is 23.3 Å². The van der Waals surface area contributed by atoms with Crippen molar-refractivity contribution in [3.05, 3.63) is 59.0 Å². The summed E-state index contributed by atoms with van der Waals surface area (Å²) in [6.07, 6.45) is 2.91. The first-order chi connectivity index (χ1) is 11.6. The highest BCUT2D eigenvalue weighted by Crippen LogP contribution is 2.27. The Hall–Kier alpha value is -2.53. The van der Waals surface area contributed by atoms with E-state index in [0.29, 0.717) is 29.3 Å². The Bertz CT molecular complexity index is 889.